The maximum Gasteiger partial charge on any atom is 0.129 e. The summed E-state index contributed by atoms with van der Waals surface area (Å²) in [5, 5.41) is 3.41. The highest BCUT2D eigenvalue weighted by atomic mass is 15.2. The van der Waals surface area contributed by atoms with E-state index < -0.39 is 0 Å². The van der Waals surface area contributed by atoms with Crippen molar-refractivity contribution < 1.29 is 0 Å². The molecule has 0 aromatic carbocycles. The van der Waals surface area contributed by atoms with Gasteiger partial charge in [0.25, 0.3) is 0 Å². The van der Waals surface area contributed by atoms with Crippen LogP contribution in [-0.4, -0.2) is 24.6 Å². The second-order valence-electron chi connectivity index (χ2n) is 4.57. The van der Waals surface area contributed by atoms with E-state index in [1.165, 1.54) is 5.56 Å². The van der Waals surface area contributed by atoms with Crippen LogP contribution in [0.5, 0.6) is 0 Å². The molecule has 3 nitrogen and oxygen atoms in total. The lowest BCUT2D eigenvalue weighted by Gasteiger charge is -2.21. The van der Waals surface area contributed by atoms with Crippen molar-refractivity contribution in [3.8, 4) is 0 Å². The highest BCUT2D eigenvalue weighted by molar-refractivity contribution is 5.43. The zero-order valence-electron chi connectivity index (χ0n) is 12.2. The molecule has 1 aromatic heterocycles. The van der Waals surface area contributed by atoms with E-state index in [4.69, 9.17) is 0 Å². The molecular weight excluding hydrogens is 234 g/mol. The van der Waals surface area contributed by atoms with E-state index in [9.17, 15) is 0 Å². The summed E-state index contributed by atoms with van der Waals surface area (Å²) in [6, 6.07) is 4.22. The first-order valence-corrected chi connectivity index (χ1v) is 6.86. The summed E-state index contributed by atoms with van der Waals surface area (Å²) in [5.41, 5.74) is 2.34. The molecule has 1 N–H and O–H groups in total. The summed E-state index contributed by atoms with van der Waals surface area (Å²) in [6.07, 6.45) is 4.92. The first kappa shape index (κ1) is 15.4. The normalized spacial score (nSPS) is 10.2. The first-order chi connectivity index (χ1) is 9.22. The van der Waals surface area contributed by atoms with Gasteiger partial charge in [-0.3, -0.25) is 0 Å². The number of hydrogen-bond donors (Lipinski definition) is 1. The smallest absolute Gasteiger partial charge is 0.129 e. The Balaban J connectivity index is 2.78. The Morgan fingerprint density at radius 1 is 1.26 bits per heavy atom. The summed E-state index contributed by atoms with van der Waals surface area (Å²) < 4.78 is 0. The van der Waals surface area contributed by atoms with Gasteiger partial charge in [-0.2, -0.15) is 0 Å². The second-order valence-corrected chi connectivity index (χ2v) is 4.57. The van der Waals surface area contributed by atoms with Crippen LogP contribution in [0.3, 0.4) is 0 Å². The molecule has 0 saturated carbocycles. The first-order valence-electron chi connectivity index (χ1n) is 6.86. The standard InChI is InChI=1S/C16H25N3/c1-5-10-17-13-15-8-9-16(18-14(15)4)19(11-6-2)12-7-3/h6-9,17H,2-3,5,10-13H2,1,4H3. The van der Waals surface area contributed by atoms with Gasteiger partial charge in [0.15, 0.2) is 0 Å². The van der Waals surface area contributed by atoms with Crippen LogP contribution < -0.4 is 10.2 Å². The van der Waals surface area contributed by atoms with Crippen LogP contribution in [0.15, 0.2) is 37.4 Å². The molecule has 1 rings (SSSR count). The Hall–Kier alpha value is -1.61. The third kappa shape index (κ3) is 4.87. The van der Waals surface area contributed by atoms with Crippen molar-refractivity contribution in [3.63, 3.8) is 0 Å². The van der Waals surface area contributed by atoms with Crippen molar-refractivity contribution in [2.24, 2.45) is 0 Å². The lowest BCUT2D eigenvalue weighted by atomic mass is 10.2. The zero-order valence-corrected chi connectivity index (χ0v) is 12.2. The summed E-state index contributed by atoms with van der Waals surface area (Å²) >= 11 is 0. The highest BCUT2D eigenvalue weighted by Crippen LogP contribution is 2.15. The average Bonchev–Trinajstić information content (AvgIpc) is 2.40. The zero-order chi connectivity index (χ0) is 14.1. The van der Waals surface area contributed by atoms with Crippen molar-refractivity contribution in [2.75, 3.05) is 24.5 Å². The largest absolute Gasteiger partial charge is 0.349 e. The Morgan fingerprint density at radius 3 is 2.47 bits per heavy atom. The number of aryl methyl sites for hydroxylation is 1. The molecule has 0 aliphatic heterocycles. The Morgan fingerprint density at radius 2 is 1.95 bits per heavy atom. The molecule has 0 aliphatic rings. The van der Waals surface area contributed by atoms with E-state index in [0.717, 1.165) is 44.1 Å². The minimum atomic E-state index is 0.784. The van der Waals surface area contributed by atoms with Gasteiger partial charge in [-0.25, -0.2) is 4.98 Å². The topological polar surface area (TPSA) is 28.2 Å². The minimum Gasteiger partial charge on any atom is -0.349 e. The van der Waals surface area contributed by atoms with Crippen molar-refractivity contribution in [2.45, 2.75) is 26.8 Å². The number of hydrogen-bond acceptors (Lipinski definition) is 3. The highest BCUT2D eigenvalue weighted by Gasteiger charge is 2.07. The van der Waals surface area contributed by atoms with Crippen LogP contribution in [0.4, 0.5) is 5.82 Å². The van der Waals surface area contributed by atoms with Gasteiger partial charge in [-0.1, -0.05) is 25.1 Å². The molecule has 0 aliphatic carbocycles. The molecule has 0 atom stereocenters. The predicted molar refractivity (Wildman–Crippen MR) is 83.6 cm³/mol. The summed E-state index contributed by atoms with van der Waals surface area (Å²) in [4.78, 5) is 6.83. The molecular formula is C16H25N3. The van der Waals surface area contributed by atoms with Crippen LogP contribution in [0.25, 0.3) is 0 Å². The third-order valence-electron chi connectivity index (χ3n) is 2.95. The van der Waals surface area contributed by atoms with Gasteiger partial charge in [0, 0.05) is 25.3 Å². The molecule has 0 radical (unpaired) electrons. The quantitative estimate of drug-likeness (QED) is 0.545. The van der Waals surface area contributed by atoms with E-state index >= 15 is 0 Å². The third-order valence-corrected chi connectivity index (χ3v) is 2.95. The second kappa shape index (κ2) is 8.48. The van der Waals surface area contributed by atoms with Crippen LogP contribution in [0.2, 0.25) is 0 Å². The van der Waals surface area contributed by atoms with Gasteiger partial charge < -0.3 is 10.2 Å². The van der Waals surface area contributed by atoms with Crippen LogP contribution in [0.1, 0.15) is 24.6 Å². The van der Waals surface area contributed by atoms with Crippen LogP contribution >= 0.6 is 0 Å². The SMILES string of the molecule is C=CCN(CC=C)c1ccc(CNCCC)c(C)n1. The fraction of sp³-hybridized carbons (Fsp3) is 0.438. The van der Waals surface area contributed by atoms with Gasteiger partial charge in [0.2, 0.25) is 0 Å². The minimum absolute atomic E-state index is 0.784. The molecule has 0 spiro atoms. The van der Waals surface area contributed by atoms with Gasteiger partial charge in [-0.05, 0) is 31.5 Å². The van der Waals surface area contributed by atoms with Gasteiger partial charge in [0.1, 0.15) is 5.82 Å². The van der Waals surface area contributed by atoms with Crippen LogP contribution in [0, 0.1) is 6.92 Å². The van der Waals surface area contributed by atoms with Crippen molar-refractivity contribution in [1.82, 2.24) is 10.3 Å². The fourth-order valence-corrected chi connectivity index (χ4v) is 1.91. The molecule has 0 bridgehead atoms. The van der Waals surface area contributed by atoms with E-state index in [0.29, 0.717) is 0 Å². The summed E-state index contributed by atoms with van der Waals surface area (Å²) in [5.74, 6) is 0.983. The molecule has 0 saturated heterocycles. The maximum atomic E-state index is 4.68. The van der Waals surface area contributed by atoms with E-state index in [1.807, 2.05) is 12.2 Å². The fourth-order valence-electron chi connectivity index (χ4n) is 1.91. The summed E-state index contributed by atoms with van der Waals surface area (Å²) in [7, 11) is 0. The van der Waals surface area contributed by atoms with Crippen molar-refractivity contribution in [1.29, 1.82) is 0 Å². The molecule has 0 unspecified atom stereocenters. The number of nitrogens with one attached hydrogen (secondary N) is 1. The van der Waals surface area contributed by atoms with Gasteiger partial charge >= 0.3 is 0 Å². The number of anilines is 1. The lowest BCUT2D eigenvalue weighted by Crippen LogP contribution is -2.24. The van der Waals surface area contributed by atoms with Gasteiger partial charge in [-0.15, -0.1) is 13.2 Å². The van der Waals surface area contributed by atoms with Crippen molar-refractivity contribution in [3.05, 3.63) is 48.7 Å². The van der Waals surface area contributed by atoms with E-state index in [2.05, 4.69) is 54.3 Å². The molecule has 1 heterocycles. The average molecular weight is 259 g/mol. The van der Waals surface area contributed by atoms with Gasteiger partial charge in [0.05, 0.1) is 0 Å². The Labute approximate surface area is 117 Å². The van der Waals surface area contributed by atoms with Crippen LogP contribution in [-0.2, 0) is 6.54 Å². The molecule has 0 fully saturated rings. The molecule has 3 heteroatoms. The predicted octanol–water partition coefficient (Wildman–Crippen LogP) is 3.07. The van der Waals surface area contributed by atoms with E-state index in [1.54, 1.807) is 0 Å². The van der Waals surface area contributed by atoms with Crippen molar-refractivity contribution >= 4 is 5.82 Å². The number of pyridine rings is 1. The molecule has 19 heavy (non-hydrogen) atoms. The Bertz CT molecular complexity index is 402. The number of nitrogens with zero attached hydrogens (tertiary/aromatic N) is 2. The monoisotopic (exact) mass is 259 g/mol. The lowest BCUT2D eigenvalue weighted by molar-refractivity contribution is 0.670. The summed E-state index contributed by atoms with van der Waals surface area (Å²) in [6.45, 7) is 15.3. The Kier molecular flexibility index (Phi) is 6.90. The molecule has 104 valence electrons. The van der Waals surface area contributed by atoms with E-state index in [-0.39, 0.29) is 0 Å². The maximum absolute atomic E-state index is 4.68. The number of aromatic nitrogens is 1. The number of rotatable bonds is 9. The molecule has 0 amide bonds. The molecule has 1 aromatic rings.